The Morgan fingerprint density at radius 3 is 2.33 bits per heavy atom. The second kappa shape index (κ2) is 7.01. The number of aromatic nitrogens is 1. The lowest BCUT2D eigenvalue weighted by Gasteiger charge is -2.08. The summed E-state index contributed by atoms with van der Waals surface area (Å²) < 4.78 is 69.0. The van der Waals surface area contributed by atoms with Crippen LogP contribution >= 0.6 is 11.6 Å². The smallest absolute Gasteiger partial charge is 0.298 e. The van der Waals surface area contributed by atoms with Crippen molar-refractivity contribution >= 4 is 21.4 Å². The second-order valence-corrected chi connectivity index (χ2v) is 8.34. The van der Waals surface area contributed by atoms with Gasteiger partial charge in [-0.05, 0) is 36.2 Å². The number of alkyl halides is 2. The number of hydrogen-bond donors (Lipinski definition) is 0. The van der Waals surface area contributed by atoms with Crippen LogP contribution in [-0.2, 0) is 9.84 Å². The molecule has 0 aliphatic rings. The van der Waals surface area contributed by atoms with Gasteiger partial charge in [0.2, 0.25) is 5.76 Å². The van der Waals surface area contributed by atoms with Gasteiger partial charge in [-0.25, -0.2) is 21.6 Å². The minimum atomic E-state index is -3.80. The average Bonchev–Trinajstić information content (AvgIpc) is 3.01. The molecule has 0 aliphatic carbocycles. The summed E-state index contributed by atoms with van der Waals surface area (Å²) in [6.45, 7) is 1.78. The SMILES string of the molecule is Cc1ccc(-c2noc(C(F)F)c2-c2ccc(S(C)(=O)=O)c(F)c2)cc1Cl. The highest BCUT2D eigenvalue weighted by molar-refractivity contribution is 7.90. The molecule has 0 saturated carbocycles. The van der Waals surface area contributed by atoms with E-state index in [1.165, 1.54) is 12.1 Å². The highest BCUT2D eigenvalue weighted by Crippen LogP contribution is 2.40. The van der Waals surface area contributed by atoms with Crippen LogP contribution in [0.2, 0.25) is 5.02 Å². The lowest BCUT2D eigenvalue weighted by Crippen LogP contribution is -2.01. The summed E-state index contributed by atoms with van der Waals surface area (Å²) in [7, 11) is -3.80. The standard InChI is InChI=1S/C18H13ClF3NO3S/c1-9-3-4-11(7-12(9)19)16-15(17(18(21)22)26-23-16)10-5-6-14(13(20)8-10)27(2,24)25/h3-8,18H,1-2H3. The quantitative estimate of drug-likeness (QED) is 0.568. The maximum atomic E-state index is 14.3. The first kappa shape index (κ1) is 19.4. The molecule has 0 amide bonds. The number of sulfone groups is 1. The molecule has 2 aromatic carbocycles. The summed E-state index contributed by atoms with van der Waals surface area (Å²) in [6.07, 6.45) is -2.14. The minimum absolute atomic E-state index is 0.0168. The van der Waals surface area contributed by atoms with Crippen molar-refractivity contribution in [2.45, 2.75) is 18.2 Å². The number of benzene rings is 2. The topological polar surface area (TPSA) is 60.2 Å². The highest BCUT2D eigenvalue weighted by Gasteiger charge is 2.27. The Labute approximate surface area is 158 Å². The fourth-order valence-corrected chi connectivity index (χ4v) is 3.53. The third kappa shape index (κ3) is 3.72. The van der Waals surface area contributed by atoms with Crippen molar-refractivity contribution in [3.8, 4) is 22.4 Å². The van der Waals surface area contributed by atoms with Gasteiger partial charge in [-0.3, -0.25) is 0 Å². The molecular weight excluding hydrogens is 403 g/mol. The van der Waals surface area contributed by atoms with Gasteiger partial charge in [0.1, 0.15) is 16.4 Å². The molecular formula is C18H13ClF3NO3S. The third-order valence-electron chi connectivity index (χ3n) is 3.98. The molecule has 1 aromatic heterocycles. The summed E-state index contributed by atoms with van der Waals surface area (Å²) in [5, 5.41) is 4.10. The van der Waals surface area contributed by atoms with Gasteiger partial charge in [-0.2, -0.15) is 0 Å². The maximum absolute atomic E-state index is 14.3. The van der Waals surface area contributed by atoms with Gasteiger partial charge >= 0.3 is 0 Å². The van der Waals surface area contributed by atoms with Crippen LogP contribution in [0.25, 0.3) is 22.4 Å². The van der Waals surface area contributed by atoms with Crippen molar-refractivity contribution in [3.05, 3.63) is 58.6 Å². The maximum Gasteiger partial charge on any atom is 0.298 e. The Bertz CT molecular complexity index is 1130. The summed E-state index contributed by atoms with van der Waals surface area (Å²) >= 11 is 6.09. The lowest BCUT2D eigenvalue weighted by atomic mass is 9.98. The highest BCUT2D eigenvalue weighted by atomic mass is 35.5. The lowest BCUT2D eigenvalue weighted by molar-refractivity contribution is 0.113. The van der Waals surface area contributed by atoms with Crippen LogP contribution in [0.4, 0.5) is 13.2 Å². The van der Waals surface area contributed by atoms with Crippen LogP contribution in [0.3, 0.4) is 0 Å². The monoisotopic (exact) mass is 415 g/mol. The molecule has 1 heterocycles. The van der Waals surface area contributed by atoms with Crippen molar-refractivity contribution in [2.24, 2.45) is 0 Å². The number of halogens is 4. The molecule has 9 heteroatoms. The molecule has 0 atom stereocenters. The first-order valence-corrected chi connectivity index (χ1v) is 9.90. The van der Waals surface area contributed by atoms with Crippen LogP contribution in [0.5, 0.6) is 0 Å². The van der Waals surface area contributed by atoms with Crippen molar-refractivity contribution in [1.29, 1.82) is 0 Å². The fourth-order valence-electron chi connectivity index (χ4n) is 2.62. The number of nitrogens with zero attached hydrogens (tertiary/aromatic N) is 1. The first-order valence-electron chi connectivity index (χ1n) is 7.64. The Kier molecular flexibility index (Phi) is 5.05. The van der Waals surface area contributed by atoms with Gasteiger partial charge in [-0.1, -0.05) is 35.0 Å². The predicted molar refractivity (Wildman–Crippen MR) is 95.1 cm³/mol. The van der Waals surface area contributed by atoms with Gasteiger partial charge < -0.3 is 4.52 Å². The molecule has 0 saturated heterocycles. The normalized spacial score (nSPS) is 12.0. The molecule has 0 unspecified atom stereocenters. The molecule has 0 fully saturated rings. The predicted octanol–water partition coefficient (Wildman–Crippen LogP) is 5.45. The molecule has 27 heavy (non-hydrogen) atoms. The number of rotatable bonds is 4. The molecule has 4 nitrogen and oxygen atoms in total. The van der Waals surface area contributed by atoms with E-state index < -0.39 is 32.7 Å². The van der Waals surface area contributed by atoms with Gasteiger partial charge in [0.25, 0.3) is 6.43 Å². The van der Waals surface area contributed by atoms with Gasteiger partial charge in [0.15, 0.2) is 9.84 Å². The van der Waals surface area contributed by atoms with Crippen molar-refractivity contribution in [3.63, 3.8) is 0 Å². The van der Waals surface area contributed by atoms with E-state index in [2.05, 4.69) is 5.16 Å². The van der Waals surface area contributed by atoms with Crippen LogP contribution < -0.4 is 0 Å². The number of hydrogen-bond acceptors (Lipinski definition) is 4. The summed E-state index contributed by atoms with van der Waals surface area (Å²) in [4.78, 5) is -0.527. The van der Waals surface area contributed by atoms with E-state index >= 15 is 0 Å². The molecule has 0 bridgehead atoms. The van der Waals surface area contributed by atoms with Crippen LogP contribution in [0, 0.1) is 12.7 Å². The molecule has 0 spiro atoms. The largest absolute Gasteiger partial charge is 0.354 e. The number of aryl methyl sites for hydroxylation is 1. The average molecular weight is 416 g/mol. The fraction of sp³-hybridized carbons (Fsp3) is 0.167. The van der Waals surface area contributed by atoms with Gasteiger partial charge in [0, 0.05) is 16.8 Å². The van der Waals surface area contributed by atoms with E-state index in [-0.39, 0.29) is 16.8 Å². The van der Waals surface area contributed by atoms with Crippen molar-refractivity contribution < 1.29 is 26.1 Å². The van der Waals surface area contributed by atoms with E-state index in [4.69, 9.17) is 16.1 Å². The zero-order valence-electron chi connectivity index (χ0n) is 14.1. The molecule has 0 N–H and O–H groups in total. The molecule has 142 valence electrons. The van der Waals surface area contributed by atoms with E-state index in [0.29, 0.717) is 10.6 Å². The van der Waals surface area contributed by atoms with Gasteiger partial charge in [0.05, 0.1) is 5.56 Å². The molecule has 3 aromatic rings. The Morgan fingerprint density at radius 1 is 1.11 bits per heavy atom. The zero-order chi connectivity index (χ0) is 19.9. The third-order valence-corrected chi connectivity index (χ3v) is 5.52. The van der Waals surface area contributed by atoms with Crippen LogP contribution in [0.15, 0.2) is 45.8 Å². The summed E-state index contributed by atoms with van der Waals surface area (Å²) in [6, 6.07) is 7.97. The van der Waals surface area contributed by atoms with Crippen LogP contribution in [0.1, 0.15) is 17.7 Å². The molecule has 0 aliphatic heterocycles. The van der Waals surface area contributed by atoms with Gasteiger partial charge in [-0.15, -0.1) is 0 Å². The Morgan fingerprint density at radius 2 is 1.78 bits per heavy atom. The molecule has 3 rings (SSSR count). The summed E-state index contributed by atoms with van der Waals surface area (Å²) in [5.74, 6) is -1.79. The first-order chi connectivity index (χ1) is 12.6. The zero-order valence-corrected chi connectivity index (χ0v) is 15.7. The Balaban J connectivity index is 2.24. The van der Waals surface area contributed by atoms with Crippen molar-refractivity contribution in [2.75, 3.05) is 6.26 Å². The second-order valence-electron chi connectivity index (χ2n) is 5.95. The van der Waals surface area contributed by atoms with E-state index in [0.717, 1.165) is 24.0 Å². The van der Waals surface area contributed by atoms with E-state index in [9.17, 15) is 21.6 Å². The van der Waals surface area contributed by atoms with E-state index in [1.54, 1.807) is 19.1 Å². The summed E-state index contributed by atoms with van der Waals surface area (Å²) in [5.41, 5.74) is 1.14. The minimum Gasteiger partial charge on any atom is -0.354 e. The Hall–Kier alpha value is -2.32. The van der Waals surface area contributed by atoms with E-state index in [1.807, 2.05) is 0 Å². The van der Waals surface area contributed by atoms with Crippen molar-refractivity contribution in [1.82, 2.24) is 5.16 Å². The molecule has 0 radical (unpaired) electrons. The van der Waals surface area contributed by atoms with Crippen LogP contribution in [-0.4, -0.2) is 19.8 Å².